The van der Waals surface area contributed by atoms with Gasteiger partial charge in [-0.15, -0.1) is 11.8 Å². The summed E-state index contributed by atoms with van der Waals surface area (Å²) in [6.45, 7) is 1.40. The predicted octanol–water partition coefficient (Wildman–Crippen LogP) is 5.14. The molecule has 2 N–H and O–H groups in total. The smallest absolute Gasteiger partial charge is 0.251 e. The molecule has 30 heavy (non-hydrogen) atoms. The topological polar surface area (TPSA) is 50.4 Å². The van der Waals surface area contributed by atoms with Crippen LogP contribution >= 0.6 is 11.8 Å². The molecule has 0 radical (unpaired) electrons. The van der Waals surface area contributed by atoms with Gasteiger partial charge in [-0.05, 0) is 72.9 Å². The minimum Gasteiger partial charge on any atom is -0.378 e. The largest absolute Gasteiger partial charge is 0.378 e. The van der Waals surface area contributed by atoms with Crippen LogP contribution in [-0.4, -0.2) is 31.4 Å². The van der Waals surface area contributed by atoms with Crippen molar-refractivity contribution >= 4 is 23.4 Å². The Bertz CT molecular complexity index is 950. The lowest BCUT2D eigenvalue weighted by atomic mass is 9.76. The van der Waals surface area contributed by atoms with E-state index in [4.69, 9.17) is 4.74 Å². The normalized spacial score (nSPS) is 26.7. The fourth-order valence-corrected chi connectivity index (χ4v) is 5.40. The fourth-order valence-electron chi connectivity index (χ4n) is 4.99. The number of hydrogen-bond donors (Lipinski definition) is 2. The minimum absolute atomic E-state index is 0.0124. The third kappa shape index (κ3) is 3.77. The zero-order chi connectivity index (χ0) is 20.5. The second kappa shape index (κ2) is 8.48. The van der Waals surface area contributed by atoms with Crippen LogP contribution in [0.1, 0.15) is 52.7 Å². The van der Waals surface area contributed by atoms with Gasteiger partial charge in [-0.25, -0.2) is 0 Å². The van der Waals surface area contributed by atoms with Gasteiger partial charge in [0.25, 0.3) is 5.91 Å². The van der Waals surface area contributed by atoms with Crippen molar-refractivity contribution in [2.45, 2.75) is 42.2 Å². The number of hydrogen-bond acceptors (Lipinski definition) is 4. The molecule has 1 amide bonds. The number of ether oxygens (including phenoxy) is 1. The summed E-state index contributed by atoms with van der Waals surface area (Å²) in [4.78, 5) is 14.0. The van der Waals surface area contributed by atoms with Crippen molar-refractivity contribution < 1.29 is 9.53 Å². The SMILES string of the molecule is CSc1ccc(C2Nc3ccc(C(=O)NCC4CCCO4)cc3C3C=CCC32)cc1. The van der Waals surface area contributed by atoms with E-state index in [0.29, 0.717) is 18.4 Å². The molecule has 4 nitrogen and oxygen atoms in total. The van der Waals surface area contributed by atoms with Gasteiger partial charge in [0.05, 0.1) is 12.1 Å². The first-order valence-corrected chi connectivity index (χ1v) is 12.1. The summed E-state index contributed by atoms with van der Waals surface area (Å²) in [5, 5.41) is 6.82. The third-order valence-electron chi connectivity index (χ3n) is 6.61. The van der Waals surface area contributed by atoms with Crippen molar-refractivity contribution in [1.82, 2.24) is 5.32 Å². The summed E-state index contributed by atoms with van der Waals surface area (Å²) in [7, 11) is 0. The van der Waals surface area contributed by atoms with Gasteiger partial charge in [0, 0.05) is 35.2 Å². The quantitative estimate of drug-likeness (QED) is 0.519. The average Bonchev–Trinajstić information content (AvgIpc) is 3.49. The molecule has 5 heteroatoms. The highest BCUT2D eigenvalue weighted by molar-refractivity contribution is 7.98. The molecular formula is C25H28N2O2S. The number of allylic oxidation sites excluding steroid dienone is 2. The van der Waals surface area contributed by atoms with E-state index in [0.717, 1.165) is 37.1 Å². The van der Waals surface area contributed by atoms with E-state index in [1.807, 2.05) is 6.07 Å². The van der Waals surface area contributed by atoms with E-state index in [1.165, 1.54) is 16.0 Å². The number of fused-ring (bicyclic) bond motifs is 3. The lowest BCUT2D eigenvalue weighted by Crippen LogP contribution is -2.32. The van der Waals surface area contributed by atoms with Crippen LogP contribution in [0.25, 0.3) is 0 Å². The predicted molar refractivity (Wildman–Crippen MR) is 122 cm³/mol. The highest BCUT2D eigenvalue weighted by Gasteiger charge is 2.38. The van der Waals surface area contributed by atoms with E-state index in [2.05, 4.69) is 65.4 Å². The van der Waals surface area contributed by atoms with Crippen molar-refractivity contribution in [2.75, 3.05) is 24.7 Å². The zero-order valence-electron chi connectivity index (χ0n) is 17.3. The van der Waals surface area contributed by atoms with Gasteiger partial charge in [0.1, 0.15) is 0 Å². The maximum atomic E-state index is 12.7. The number of amides is 1. The summed E-state index contributed by atoms with van der Waals surface area (Å²) in [6.07, 6.45) is 10.1. The van der Waals surface area contributed by atoms with Gasteiger partial charge in [-0.1, -0.05) is 24.3 Å². The van der Waals surface area contributed by atoms with E-state index >= 15 is 0 Å². The fraction of sp³-hybridized carbons (Fsp3) is 0.400. The van der Waals surface area contributed by atoms with Crippen LogP contribution in [0.15, 0.2) is 59.5 Å². The van der Waals surface area contributed by atoms with Crippen LogP contribution in [0.4, 0.5) is 5.69 Å². The molecule has 0 saturated carbocycles. The molecule has 1 fully saturated rings. The maximum Gasteiger partial charge on any atom is 0.251 e. The Morgan fingerprint density at radius 2 is 2.10 bits per heavy atom. The Morgan fingerprint density at radius 3 is 2.87 bits per heavy atom. The Kier molecular flexibility index (Phi) is 5.57. The average molecular weight is 421 g/mol. The van der Waals surface area contributed by atoms with Crippen LogP contribution in [0.3, 0.4) is 0 Å². The third-order valence-corrected chi connectivity index (χ3v) is 7.36. The zero-order valence-corrected chi connectivity index (χ0v) is 18.1. The Labute approximate surface area is 182 Å². The number of carbonyl (C=O) groups excluding carboxylic acids is 1. The molecule has 0 spiro atoms. The molecule has 0 aromatic heterocycles. The standard InChI is InChI=1S/C25H28N2O2S/c1-30-19-10-7-16(8-11-19)24-21-6-2-5-20(21)22-14-17(9-12-23(22)27-24)25(28)26-15-18-4-3-13-29-18/h2,5,7-12,14,18,20-21,24,27H,3-4,6,13,15H2,1H3,(H,26,28). The summed E-state index contributed by atoms with van der Waals surface area (Å²) >= 11 is 1.77. The van der Waals surface area contributed by atoms with Gasteiger partial charge in [0.2, 0.25) is 0 Å². The van der Waals surface area contributed by atoms with E-state index in [-0.39, 0.29) is 18.1 Å². The van der Waals surface area contributed by atoms with Crippen molar-refractivity contribution in [3.63, 3.8) is 0 Å². The van der Waals surface area contributed by atoms with Crippen molar-refractivity contribution in [1.29, 1.82) is 0 Å². The Balaban J connectivity index is 1.37. The van der Waals surface area contributed by atoms with Crippen LogP contribution in [0.5, 0.6) is 0 Å². The number of carbonyl (C=O) groups is 1. The van der Waals surface area contributed by atoms with Gasteiger partial charge in [0.15, 0.2) is 0 Å². The monoisotopic (exact) mass is 420 g/mol. The van der Waals surface area contributed by atoms with Crippen LogP contribution in [0, 0.1) is 5.92 Å². The van der Waals surface area contributed by atoms with Crippen molar-refractivity contribution in [3.05, 3.63) is 71.3 Å². The highest BCUT2D eigenvalue weighted by atomic mass is 32.2. The van der Waals surface area contributed by atoms with Crippen molar-refractivity contribution in [2.24, 2.45) is 5.92 Å². The first-order valence-electron chi connectivity index (χ1n) is 10.8. The second-order valence-electron chi connectivity index (χ2n) is 8.40. The van der Waals surface area contributed by atoms with Crippen LogP contribution < -0.4 is 10.6 Å². The lowest BCUT2D eigenvalue weighted by Gasteiger charge is -2.37. The van der Waals surface area contributed by atoms with Crippen LogP contribution in [-0.2, 0) is 4.74 Å². The molecule has 2 heterocycles. The molecule has 156 valence electrons. The highest BCUT2D eigenvalue weighted by Crippen LogP contribution is 2.50. The van der Waals surface area contributed by atoms with E-state index in [1.54, 1.807) is 11.8 Å². The molecule has 3 aliphatic rings. The maximum absolute atomic E-state index is 12.7. The van der Waals surface area contributed by atoms with E-state index in [9.17, 15) is 4.79 Å². The molecule has 1 aliphatic carbocycles. The van der Waals surface area contributed by atoms with Gasteiger partial charge < -0.3 is 15.4 Å². The summed E-state index contributed by atoms with van der Waals surface area (Å²) < 4.78 is 5.62. The molecule has 2 aromatic carbocycles. The first-order chi connectivity index (χ1) is 14.7. The summed E-state index contributed by atoms with van der Waals surface area (Å²) in [6, 6.07) is 15.3. The minimum atomic E-state index is -0.0124. The molecule has 4 atom stereocenters. The molecule has 4 unspecified atom stereocenters. The molecular weight excluding hydrogens is 392 g/mol. The molecule has 2 aromatic rings. The number of thioether (sulfide) groups is 1. The Hall–Kier alpha value is -2.24. The summed E-state index contributed by atoms with van der Waals surface area (Å²) in [5.41, 5.74) is 4.43. The lowest BCUT2D eigenvalue weighted by molar-refractivity contribution is 0.0857. The molecule has 1 saturated heterocycles. The number of nitrogens with one attached hydrogen (secondary N) is 2. The van der Waals surface area contributed by atoms with Gasteiger partial charge >= 0.3 is 0 Å². The second-order valence-corrected chi connectivity index (χ2v) is 9.28. The molecule has 2 aliphatic heterocycles. The number of anilines is 1. The van der Waals surface area contributed by atoms with Gasteiger partial charge in [-0.3, -0.25) is 4.79 Å². The summed E-state index contributed by atoms with van der Waals surface area (Å²) in [5.74, 6) is 0.807. The molecule has 5 rings (SSSR count). The van der Waals surface area contributed by atoms with E-state index < -0.39 is 0 Å². The number of benzene rings is 2. The first kappa shape index (κ1) is 19.7. The molecule has 0 bridgehead atoms. The number of rotatable bonds is 5. The van der Waals surface area contributed by atoms with Crippen molar-refractivity contribution in [3.8, 4) is 0 Å². The van der Waals surface area contributed by atoms with Gasteiger partial charge in [-0.2, -0.15) is 0 Å². The Morgan fingerprint density at radius 1 is 1.23 bits per heavy atom. The van der Waals surface area contributed by atoms with Crippen LogP contribution in [0.2, 0.25) is 0 Å².